The van der Waals surface area contributed by atoms with Crippen LogP contribution in [-0.4, -0.2) is 28.9 Å². The van der Waals surface area contributed by atoms with Gasteiger partial charge in [-0.05, 0) is 12.1 Å². The molecule has 3 aromatic rings. The Hall–Kier alpha value is -3.41. The van der Waals surface area contributed by atoms with E-state index in [0.29, 0.717) is 5.56 Å². The molecule has 0 saturated carbocycles. The second-order valence-electron chi connectivity index (χ2n) is 5.30. The molecular formula is C18H11NO5. The van der Waals surface area contributed by atoms with Gasteiger partial charge in [0.2, 0.25) is 17.3 Å². The lowest BCUT2D eigenvalue weighted by Crippen LogP contribution is -2.21. The molecule has 1 N–H and O–H groups in total. The Labute approximate surface area is 136 Å². The number of benzene rings is 2. The smallest absolute Gasteiger partial charge is 0.236 e. The molecule has 1 heterocycles. The number of phenols is 1. The number of rotatable bonds is 2. The van der Waals surface area contributed by atoms with Crippen molar-refractivity contribution in [3.05, 3.63) is 64.9 Å². The molecule has 0 atom stereocenters. The molecule has 1 aromatic heterocycles. The molecule has 0 fully saturated rings. The number of hydrogen-bond donors (Lipinski definition) is 1. The number of carbonyl (C=O) groups is 2. The minimum Gasteiger partial charge on any atom is -0.507 e. The summed E-state index contributed by atoms with van der Waals surface area (Å²) < 4.78 is 10.3. The normalized spacial score (nSPS) is 12.7. The van der Waals surface area contributed by atoms with Crippen molar-refractivity contribution in [2.75, 3.05) is 7.11 Å². The van der Waals surface area contributed by atoms with Crippen LogP contribution < -0.4 is 4.74 Å². The molecule has 118 valence electrons. The molecule has 4 rings (SSSR count). The highest BCUT2D eigenvalue weighted by Crippen LogP contribution is 2.40. The van der Waals surface area contributed by atoms with Gasteiger partial charge in [0.25, 0.3) is 0 Å². The number of methoxy groups -OCH3 is 1. The van der Waals surface area contributed by atoms with Crippen LogP contribution in [0.15, 0.2) is 47.0 Å². The highest BCUT2D eigenvalue weighted by Gasteiger charge is 2.40. The molecule has 6 heteroatoms. The average Bonchev–Trinajstić information content (AvgIpc) is 3.06. The zero-order valence-corrected chi connectivity index (χ0v) is 12.6. The molecule has 24 heavy (non-hydrogen) atoms. The number of ketones is 2. The molecule has 0 unspecified atom stereocenters. The third kappa shape index (κ3) is 1.80. The number of carbonyl (C=O) groups excluding carboxylic acids is 2. The van der Waals surface area contributed by atoms with E-state index in [9.17, 15) is 14.7 Å². The monoisotopic (exact) mass is 321 g/mol. The van der Waals surface area contributed by atoms with Gasteiger partial charge in [-0.3, -0.25) is 9.59 Å². The van der Waals surface area contributed by atoms with Gasteiger partial charge < -0.3 is 14.4 Å². The Morgan fingerprint density at radius 2 is 1.71 bits per heavy atom. The van der Waals surface area contributed by atoms with E-state index in [1.165, 1.54) is 19.2 Å². The summed E-state index contributed by atoms with van der Waals surface area (Å²) in [6.45, 7) is 0. The van der Waals surface area contributed by atoms with E-state index in [1.807, 2.05) is 6.07 Å². The maximum absolute atomic E-state index is 12.9. The van der Waals surface area contributed by atoms with Gasteiger partial charge in [0.15, 0.2) is 0 Å². The van der Waals surface area contributed by atoms with Gasteiger partial charge in [0, 0.05) is 5.56 Å². The lowest BCUT2D eigenvalue weighted by Gasteiger charge is -2.17. The quantitative estimate of drug-likeness (QED) is 0.610. The van der Waals surface area contributed by atoms with Crippen molar-refractivity contribution < 1.29 is 24.0 Å². The summed E-state index contributed by atoms with van der Waals surface area (Å²) in [4.78, 5) is 25.7. The topological polar surface area (TPSA) is 89.6 Å². The number of phenolic OH excluding ortho intramolecular Hbond substituents is 1. The first-order valence-corrected chi connectivity index (χ1v) is 7.18. The molecule has 0 spiro atoms. The number of aromatic hydroxyl groups is 1. The van der Waals surface area contributed by atoms with Crippen molar-refractivity contribution in [3.63, 3.8) is 0 Å². The molecule has 0 bridgehead atoms. The zero-order chi connectivity index (χ0) is 16.8. The van der Waals surface area contributed by atoms with E-state index in [2.05, 4.69) is 5.16 Å². The summed E-state index contributed by atoms with van der Waals surface area (Å²) in [6.07, 6.45) is 0. The maximum Gasteiger partial charge on any atom is 0.236 e. The fraction of sp³-hybridized carbons (Fsp3) is 0.0556. The Balaban J connectivity index is 2.00. The number of ether oxygens (including phenoxy) is 1. The highest BCUT2D eigenvalue weighted by atomic mass is 16.5. The first-order valence-electron chi connectivity index (χ1n) is 7.18. The Bertz CT molecular complexity index is 988. The Kier molecular flexibility index (Phi) is 2.99. The maximum atomic E-state index is 12.9. The molecule has 1 aliphatic carbocycles. The van der Waals surface area contributed by atoms with Crippen molar-refractivity contribution in [1.29, 1.82) is 0 Å². The first kappa shape index (κ1) is 14.2. The van der Waals surface area contributed by atoms with Gasteiger partial charge in [0.05, 0.1) is 18.2 Å². The van der Waals surface area contributed by atoms with Crippen LogP contribution in [0.2, 0.25) is 0 Å². The van der Waals surface area contributed by atoms with Crippen LogP contribution in [-0.2, 0) is 0 Å². The van der Waals surface area contributed by atoms with Gasteiger partial charge in [-0.2, -0.15) is 0 Å². The molecule has 0 saturated heterocycles. The average molecular weight is 321 g/mol. The summed E-state index contributed by atoms with van der Waals surface area (Å²) in [5.41, 5.74) is 0.881. The Morgan fingerprint density at radius 1 is 0.958 bits per heavy atom. The zero-order valence-electron chi connectivity index (χ0n) is 12.6. The highest BCUT2D eigenvalue weighted by molar-refractivity contribution is 6.30. The van der Waals surface area contributed by atoms with Gasteiger partial charge in [-0.1, -0.05) is 35.5 Å². The van der Waals surface area contributed by atoms with Gasteiger partial charge >= 0.3 is 0 Å². The third-order valence-corrected chi connectivity index (χ3v) is 3.99. The summed E-state index contributed by atoms with van der Waals surface area (Å²) in [6, 6.07) is 11.7. The Morgan fingerprint density at radius 3 is 2.42 bits per heavy atom. The molecule has 1 aliphatic rings. The van der Waals surface area contributed by atoms with Gasteiger partial charge in [-0.15, -0.1) is 0 Å². The second kappa shape index (κ2) is 5.06. The van der Waals surface area contributed by atoms with Crippen LogP contribution >= 0.6 is 0 Å². The molecule has 6 nitrogen and oxygen atoms in total. The second-order valence-corrected chi connectivity index (χ2v) is 5.30. The minimum atomic E-state index is -0.540. The van der Waals surface area contributed by atoms with E-state index >= 15 is 0 Å². The molecule has 0 aliphatic heterocycles. The summed E-state index contributed by atoms with van der Waals surface area (Å²) in [5.74, 6) is -1.28. The number of fused-ring (bicyclic) bond motifs is 2. The summed E-state index contributed by atoms with van der Waals surface area (Å²) in [5, 5.41) is 14.0. The van der Waals surface area contributed by atoms with Crippen LogP contribution in [0.5, 0.6) is 11.5 Å². The molecule has 0 radical (unpaired) electrons. The van der Waals surface area contributed by atoms with Crippen molar-refractivity contribution in [1.82, 2.24) is 5.16 Å². The lowest BCUT2D eigenvalue weighted by atomic mass is 9.85. The fourth-order valence-corrected chi connectivity index (χ4v) is 2.89. The van der Waals surface area contributed by atoms with E-state index < -0.39 is 11.6 Å². The number of nitrogens with zero attached hydrogens (tertiary/aromatic N) is 1. The lowest BCUT2D eigenvalue weighted by molar-refractivity contribution is 0.0950. The first-order chi connectivity index (χ1) is 11.6. The largest absolute Gasteiger partial charge is 0.507 e. The SMILES string of the molecule is COc1ccc(O)c2c1C(=O)c1onc(-c3ccccc3)c1C2=O. The van der Waals surface area contributed by atoms with Crippen LogP contribution in [0.4, 0.5) is 0 Å². The molecular weight excluding hydrogens is 310 g/mol. The van der Waals surface area contributed by atoms with Crippen molar-refractivity contribution in [3.8, 4) is 22.8 Å². The van der Waals surface area contributed by atoms with Crippen molar-refractivity contribution in [2.45, 2.75) is 0 Å². The van der Waals surface area contributed by atoms with E-state index in [-0.39, 0.29) is 39.6 Å². The third-order valence-electron chi connectivity index (χ3n) is 3.99. The van der Waals surface area contributed by atoms with Crippen LogP contribution in [0, 0.1) is 0 Å². The predicted molar refractivity (Wildman–Crippen MR) is 83.5 cm³/mol. The van der Waals surface area contributed by atoms with Crippen LogP contribution in [0.3, 0.4) is 0 Å². The fourth-order valence-electron chi connectivity index (χ4n) is 2.89. The summed E-state index contributed by atoms with van der Waals surface area (Å²) in [7, 11) is 1.38. The number of aromatic nitrogens is 1. The van der Waals surface area contributed by atoms with Crippen LogP contribution in [0.1, 0.15) is 32.0 Å². The number of hydrogen-bond acceptors (Lipinski definition) is 6. The van der Waals surface area contributed by atoms with Gasteiger partial charge in [0.1, 0.15) is 22.8 Å². The minimum absolute atomic E-state index is 0.00855. The summed E-state index contributed by atoms with van der Waals surface area (Å²) >= 11 is 0. The van der Waals surface area contributed by atoms with E-state index in [4.69, 9.17) is 9.26 Å². The molecule has 0 amide bonds. The van der Waals surface area contributed by atoms with E-state index in [0.717, 1.165) is 0 Å². The van der Waals surface area contributed by atoms with Gasteiger partial charge in [-0.25, -0.2) is 0 Å². The van der Waals surface area contributed by atoms with Crippen molar-refractivity contribution >= 4 is 11.6 Å². The molecule has 2 aromatic carbocycles. The van der Waals surface area contributed by atoms with Crippen molar-refractivity contribution in [2.24, 2.45) is 0 Å². The predicted octanol–water partition coefficient (Wildman–Crippen LogP) is 2.83. The van der Waals surface area contributed by atoms with Crippen LogP contribution in [0.25, 0.3) is 11.3 Å². The standard InChI is InChI=1S/C18H11NO5/c1-23-11-8-7-10(20)12-13(11)17(22)18-14(16(12)21)15(19-24-18)9-5-3-2-4-6-9/h2-8,20H,1H3. The van der Waals surface area contributed by atoms with E-state index in [1.54, 1.807) is 24.3 Å².